The first-order chi connectivity index (χ1) is 8.46. The predicted octanol–water partition coefficient (Wildman–Crippen LogP) is 0.553. The summed E-state index contributed by atoms with van der Waals surface area (Å²) in [6.07, 6.45) is 1.32. The summed E-state index contributed by atoms with van der Waals surface area (Å²) >= 11 is 0. The van der Waals surface area contributed by atoms with Gasteiger partial charge in [-0.2, -0.15) is 4.31 Å². The van der Waals surface area contributed by atoms with Crippen molar-refractivity contribution in [3.63, 3.8) is 0 Å². The van der Waals surface area contributed by atoms with Crippen LogP contribution in [0.2, 0.25) is 0 Å². The van der Waals surface area contributed by atoms with Gasteiger partial charge in [0.05, 0.1) is 12.3 Å². The SMILES string of the molecule is Nc1cc(F)ccc1S(=O)(=O)N1CCC[C@@H]1CO. The van der Waals surface area contributed by atoms with Gasteiger partial charge in [0.1, 0.15) is 10.7 Å². The van der Waals surface area contributed by atoms with E-state index in [9.17, 15) is 12.8 Å². The number of rotatable bonds is 3. The predicted molar refractivity (Wildman–Crippen MR) is 64.8 cm³/mol. The average Bonchev–Trinajstić information content (AvgIpc) is 2.76. The molecular weight excluding hydrogens is 259 g/mol. The van der Waals surface area contributed by atoms with Gasteiger partial charge in [0, 0.05) is 12.6 Å². The Kier molecular flexibility index (Phi) is 3.56. The molecule has 1 atom stereocenters. The van der Waals surface area contributed by atoms with Crippen LogP contribution in [0, 0.1) is 5.82 Å². The molecule has 3 N–H and O–H groups in total. The number of halogens is 1. The second-order valence-corrected chi connectivity index (χ2v) is 6.14. The first kappa shape index (κ1) is 13.3. The van der Waals surface area contributed by atoms with E-state index >= 15 is 0 Å². The largest absolute Gasteiger partial charge is 0.398 e. The summed E-state index contributed by atoms with van der Waals surface area (Å²) in [6, 6.07) is 2.79. The van der Waals surface area contributed by atoms with Gasteiger partial charge in [0.15, 0.2) is 0 Å². The smallest absolute Gasteiger partial charge is 0.245 e. The summed E-state index contributed by atoms with van der Waals surface area (Å²) in [6.45, 7) is 0.130. The van der Waals surface area contributed by atoms with Gasteiger partial charge in [-0.3, -0.25) is 0 Å². The number of hydrogen-bond acceptors (Lipinski definition) is 4. The highest BCUT2D eigenvalue weighted by molar-refractivity contribution is 7.89. The van der Waals surface area contributed by atoms with E-state index < -0.39 is 21.9 Å². The molecule has 1 aliphatic heterocycles. The normalized spacial score (nSPS) is 21.3. The molecule has 1 aromatic rings. The first-order valence-corrected chi connectivity index (χ1v) is 7.08. The molecule has 5 nitrogen and oxygen atoms in total. The highest BCUT2D eigenvalue weighted by Crippen LogP contribution is 2.29. The van der Waals surface area contributed by atoms with Crippen LogP contribution < -0.4 is 5.73 Å². The molecule has 2 rings (SSSR count). The van der Waals surface area contributed by atoms with Gasteiger partial charge in [-0.05, 0) is 31.0 Å². The Balaban J connectivity index is 2.42. The van der Waals surface area contributed by atoms with E-state index in [1.54, 1.807) is 0 Å². The van der Waals surface area contributed by atoms with Crippen LogP contribution in [0.1, 0.15) is 12.8 Å². The third-order valence-corrected chi connectivity index (χ3v) is 5.12. The van der Waals surface area contributed by atoms with Gasteiger partial charge >= 0.3 is 0 Å². The van der Waals surface area contributed by atoms with E-state index in [-0.39, 0.29) is 17.2 Å². The minimum atomic E-state index is -3.77. The lowest BCUT2D eigenvalue weighted by atomic mass is 10.2. The third kappa shape index (κ3) is 2.21. The second kappa shape index (κ2) is 4.83. The van der Waals surface area contributed by atoms with Gasteiger partial charge in [0.25, 0.3) is 0 Å². The lowest BCUT2D eigenvalue weighted by Gasteiger charge is -2.23. The molecule has 0 saturated carbocycles. The van der Waals surface area contributed by atoms with E-state index in [2.05, 4.69) is 0 Å². The van der Waals surface area contributed by atoms with Crippen LogP contribution in [0.15, 0.2) is 23.1 Å². The van der Waals surface area contributed by atoms with Crippen molar-refractivity contribution in [2.24, 2.45) is 0 Å². The molecule has 0 amide bonds. The van der Waals surface area contributed by atoms with Crippen LogP contribution in [0.25, 0.3) is 0 Å². The molecule has 1 fully saturated rings. The number of aliphatic hydroxyl groups excluding tert-OH is 1. The van der Waals surface area contributed by atoms with Gasteiger partial charge < -0.3 is 10.8 Å². The highest BCUT2D eigenvalue weighted by atomic mass is 32.2. The molecule has 1 heterocycles. The molecule has 1 aromatic carbocycles. The van der Waals surface area contributed by atoms with Crippen molar-refractivity contribution >= 4 is 15.7 Å². The molecule has 100 valence electrons. The number of nitrogens with zero attached hydrogens (tertiary/aromatic N) is 1. The monoisotopic (exact) mass is 274 g/mol. The fourth-order valence-corrected chi connectivity index (χ4v) is 3.97. The van der Waals surface area contributed by atoms with Crippen LogP contribution in [0.3, 0.4) is 0 Å². The van der Waals surface area contributed by atoms with Crippen LogP contribution in [0.5, 0.6) is 0 Å². The summed E-state index contributed by atoms with van der Waals surface area (Å²) in [4.78, 5) is -0.107. The van der Waals surface area contributed by atoms with Crippen LogP contribution in [0.4, 0.5) is 10.1 Å². The Morgan fingerprint density at radius 3 is 2.83 bits per heavy atom. The molecular formula is C11H15FN2O3S. The summed E-state index contributed by atoms with van der Waals surface area (Å²) in [5, 5.41) is 9.16. The van der Waals surface area contributed by atoms with Crippen molar-refractivity contribution in [3.05, 3.63) is 24.0 Å². The van der Waals surface area contributed by atoms with E-state index in [4.69, 9.17) is 10.8 Å². The molecule has 7 heteroatoms. The molecule has 18 heavy (non-hydrogen) atoms. The molecule has 0 unspecified atom stereocenters. The molecule has 1 saturated heterocycles. The molecule has 0 spiro atoms. The van der Waals surface area contributed by atoms with E-state index in [0.29, 0.717) is 19.4 Å². The summed E-state index contributed by atoms with van der Waals surface area (Å²) in [5.41, 5.74) is 5.44. The van der Waals surface area contributed by atoms with Crippen molar-refractivity contribution in [2.75, 3.05) is 18.9 Å². The Morgan fingerprint density at radius 2 is 2.22 bits per heavy atom. The minimum Gasteiger partial charge on any atom is -0.398 e. The van der Waals surface area contributed by atoms with Crippen LogP contribution in [-0.4, -0.2) is 37.0 Å². The maximum Gasteiger partial charge on any atom is 0.245 e. The minimum absolute atomic E-state index is 0.107. The number of aliphatic hydroxyl groups is 1. The van der Waals surface area contributed by atoms with Crippen molar-refractivity contribution in [1.82, 2.24) is 4.31 Å². The van der Waals surface area contributed by atoms with Crippen molar-refractivity contribution in [2.45, 2.75) is 23.8 Å². The Morgan fingerprint density at radius 1 is 1.50 bits per heavy atom. The van der Waals surface area contributed by atoms with Crippen LogP contribution >= 0.6 is 0 Å². The summed E-state index contributed by atoms with van der Waals surface area (Å²) < 4.78 is 38.9. The van der Waals surface area contributed by atoms with E-state index in [1.807, 2.05) is 0 Å². The number of benzene rings is 1. The number of nitrogens with two attached hydrogens (primary N) is 1. The summed E-state index contributed by atoms with van der Waals surface area (Å²) in [5.74, 6) is -0.577. The summed E-state index contributed by atoms with van der Waals surface area (Å²) in [7, 11) is -3.77. The van der Waals surface area contributed by atoms with Gasteiger partial charge in [-0.25, -0.2) is 12.8 Å². The number of sulfonamides is 1. The quantitative estimate of drug-likeness (QED) is 0.789. The number of nitrogen functional groups attached to an aromatic ring is 1. The lowest BCUT2D eigenvalue weighted by Crippen LogP contribution is -2.37. The maximum absolute atomic E-state index is 12.9. The molecule has 0 radical (unpaired) electrons. The third-order valence-electron chi connectivity index (χ3n) is 3.09. The standard InChI is InChI=1S/C11H15FN2O3S/c12-8-3-4-11(10(13)6-8)18(16,17)14-5-1-2-9(14)7-15/h3-4,6,9,15H,1-2,5,7,13H2/t9-/m1/s1. The number of anilines is 1. The molecule has 0 aliphatic carbocycles. The Hall–Kier alpha value is -1.18. The molecule has 0 aromatic heterocycles. The molecule has 0 bridgehead atoms. The van der Waals surface area contributed by atoms with Gasteiger partial charge in [0.2, 0.25) is 10.0 Å². The van der Waals surface area contributed by atoms with E-state index in [0.717, 1.165) is 18.2 Å². The van der Waals surface area contributed by atoms with Crippen molar-refractivity contribution in [3.8, 4) is 0 Å². The first-order valence-electron chi connectivity index (χ1n) is 5.64. The maximum atomic E-state index is 12.9. The van der Waals surface area contributed by atoms with Gasteiger partial charge in [-0.1, -0.05) is 0 Å². The average molecular weight is 274 g/mol. The molecule has 1 aliphatic rings. The Labute approximate surface area is 105 Å². The Bertz CT molecular complexity index is 547. The zero-order valence-corrected chi connectivity index (χ0v) is 10.5. The zero-order valence-electron chi connectivity index (χ0n) is 9.71. The lowest BCUT2D eigenvalue weighted by molar-refractivity contribution is 0.213. The van der Waals surface area contributed by atoms with Crippen LogP contribution in [-0.2, 0) is 10.0 Å². The second-order valence-electron chi connectivity index (χ2n) is 4.28. The highest BCUT2D eigenvalue weighted by Gasteiger charge is 2.35. The van der Waals surface area contributed by atoms with Gasteiger partial charge in [-0.15, -0.1) is 0 Å². The topological polar surface area (TPSA) is 83.6 Å². The van der Waals surface area contributed by atoms with Crippen molar-refractivity contribution < 1.29 is 17.9 Å². The number of hydrogen-bond donors (Lipinski definition) is 2. The van der Waals surface area contributed by atoms with E-state index in [1.165, 1.54) is 4.31 Å². The van der Waals surface area contributed by atoms with Crippen molar-refractivity contribution in [1.29, 1.82) is 0 Å². The zero-order chi connectivity index (χ0) is 13.3. The fourth-order valence-electron chi connectivity index (χ4n) is 2.19. The fraction of sp³-hybridized carbons (Fsp3) is 0.455.